The molecule has 2 rings (SSSR count). The number of nitrogens with one attached hydrogen (secondary N) is 1. The minimum absolute atomic E-state index is 0.0509. The van der Waals surface area contributed by atoms with Crippen LogP contribution in [0.15, 0.2) is 24.3 Å². The maximum atomic E-state index is 12.0. The van der Waals surface area contributed by atoms with Crippen LogP contribution in [0, 0.1) is 11.3 Å². The number of hydrogen-bond acceptors (Lipinski definition) is 3. The molecule has 0 atom stereocenters. The molecule has 1 aromatic carbocycles. The first-order valence-electron chi connectivity index (χ1n) is 6.15. The Morgan fingerprint density at radius 3 is 2.53 bits per heavy atom. The summed E-state index contributed by atoms with van der Waals surface area (Å²) in [5.41, 5.74) is 0.978. The van der Waals surface area contributed by atoms with Crippen molar-refractivity contribution in [2.75, 3.05) is 13.6 Å². The minimum Gasteiger partial charge on any atom is -0.352 e. The third-order valence-electron chi connectivity index (χ3n) is 2.93. The highest BCUT2D eigenvalue weighted by atomic mass is 16.2. The second-order valence-corrected chi connectivity index (χ2v) is 4.69. The summed E-state index contributed by atoms with van der Waals surface area (Å²) in [6.45, 7) is 0.0509. The lowest BCUT2D eigenvalue weighted by Crippen LogP contribution is -2.39. The fraction of sp³-hybridized carbons (Fsp3) is 0.357. The number of amides is 2. The van der Waals surface area contributed by atoms with E-state index in [0.717, 1.165) is 12.8 Å². The number of hydrogen-bond donors (Lipinski definition) is 1. The van der Waals surface area contributed by atoms with Gasteiger partial charge in [-0.1, -0.05) is 0 Å². The Balaban J connectivity index is 1.93. The maximum absolute atomic E-state index is 12.0. The van der Waals surface area contributed by atoms with Gasteiger partial charge in [0.15, 0.2) is 0 Å². The molecule has 1 aromatic rings. The monoisotopic (exact) mass is 257 g/mol. The molecule has 1 aliphatic rings. The summed E-state index contributed by atoms with van der Waals surface area (Å²) in [4.78, 5) is 25.0. The van der Waals surface area contributed by atoms with E-state index in [2.05, 4.69) is 5.32 Å². The van der Waals surface area contributed by atoms with Gasteiger partial charge in [0.05, 0.1) is 18.2 Å². The second kappa shape index (κ2) is 5.53. The lowest BCUT2D eigenvalue weighted by atomic mass is 10.1. The molecule has 0 bridgehead atoms. The zero-order chi connectivity index (χ0) is 13.8. The van der Waals surface area contributed by atoms with Gasteiger partial charge < -0.3 is 10.2 Å². The molecule has 0 unspecified atom stereocenters. The number of nitriles is 1. The number of carbonyl (C=O) groups is 2. The van der Waals surface area contributed by atoms with Crippen LogP contribution in [0.4, 0.5) is 0 Å². The summed E-state index contributed by atoms with van der Waals surface area (Å²) in [7, 11) is 1.59. The molecule has 0 radical (unpaired) electrons. The molecule has 0 heterocycles. The largest absolute Gasteiger partial charge is 0.352 e. The average molecular weight is 257 g/mol. The summed E-state index contributed by atoms with van der Waals surface area (Å²) in [5, 5.41) is 11.5. The van der Waals surface area contributed by atoms with E-state index in [9.17, 15) is 9.59 Å². The minimum atomic E-state index is -0.226. The van der Waals surface area contributed by atoms with Crippen LogP contribution in [0.5, 0.6) is 0 Å². The third-order valence-corrected chi connectivity index (χ3v) is 2.93. The molecule has 0 aliphatic heterocycles. The fourth-order valence-electron chi connectivity index (χ4n) is 1.70. The topological polar surface area (TPSA) is 73.2 Å². The van der Waals surface area contributed by atoms with Gasteiger partial charge in [0.25, 0.3) is 5.91 Å². The first-order chi connectivity index (χ1) is 9.10. The van der Waals surface area contributed by atoms with Crippen molar-refractivity contribution in [2.24, 2.45) is 0 Å². The van der Waals surface area contributed by atoms with E-state index in [0.29, 0.717) is 17.2 Å². The average Bonchev–Trinajstić information content (AvgIpc) is 3.21. The molecule has 2 amide bonds. The van der Waals surface area contributed by atoms with Gasteiger partial charge in [0, 0.05) is 18.7 Å². The van der Waals surface area contributed by atoms with Crippen molar-refractivity contribution >= 4 is 11.8 Å². The first-order valence-corrected chi connectivity index (χ1v) is 6.15. The predicted molar refractivity (Wildman–Crippen MR) is 69.3 cm³/mol. The molecule has 98 valence electrons. The summed E-state index contributed by atoms with van der Waals surface area (Å²) < 4.78 is 0. The number of likely N-dealkylation sites (N-methyl/N-ethyl adjacent to an activating group) is 1. The van der Waals surface area contributed by atoms with Crippen LogP contribution in [-0.2, 0) is 4.79 Å². The van der Waals surface area contributed by atoms with Gasteiger partial charge in [-0.2, -0.15) is 5.26 Å². The van der Waals surface area contributed by atoms with Crippen molar-refractivity contribution in [3.63, 3.8) is 0 Å². The van der Waals surface area contributed by atoms with E-state index < -0.39 is 0 Å². The molecular formula is C14H15N3O2. The number of nitrogens with zero attached hydrogens (tertiary/aromatic N) is 2. The molecular weight excluding hydrogens is 242 g/mol. The second-order valence-electron chi connectivity index (χ2n) is 4.69. The fourth-order valence-corrected chi connectivity index (χ4v) is 1.70. The summed E-state index contributed by atoms with van der Waals surface area (Å²) in [5.74, 6) is -0.359. The van der Waals surface area contributed by atoms with Crippen molar-refractivity contribution in [2.45, 2.75) is 18.9 Å². The Morgan fingerprint density at radius 1 is 1.37 bits per heavy atom. The highest BCUT2D eigenvalue weighted by Crippen LogP contribution is 2.18. The molecule has 19 heavy (non-hydrogen) atoms. The van der Waals surface area contributed by atoms with Crippen LogP contribution in [0.1, 0.15) is 28.8 Å². The summed E-state index contributed by atoms with van der Waals surface area (Å²) in [6, 6.07) is 8.66. The van der Waals surface area contributed by atoms with E-state index in [1.165, 1.54) is 4.90 Å². The smallest absolute Gasteiger partial charge is 0.254 e. The van der Waals surface area contributed by atoms with Crippen molar-refractivity contribution in [1.82, 2.24) is 10.2 Å². The molecule has 1 fully saturated rings. The van der Waals surface area contributed by atoms with Crippen LogP contribution in [0.3, 0.4) is 0 Å². The van der Waals surface area contributed by atoms with Crippen LogP contribution in [0.2, 0.25) is 0 Å². The van der Waals surface area contributed by atoms with Gasteiger partial charge in [-0.25, -0.2) is 0 Å². The van der Waals surface area contributed by atoms with Gasteiger partial charge in [0.1, 0.15) is 0 Å². The van der Waals surface area contributed by atoms with E-state index in [-0.39, 0.29) is 18.4 Å². The van der Waals surface area contributed by atoms with Gasteiger partial charge >= 0.3 is 0 Å². The number of rotatable bonds is 4. The molecule has 5 heteroatoms. The molecule has 1 N–H and O–H groups in total. The van der Waals surface area contributed by atoms with Crippen molar-refractivity contribution in [3.8, 4) is 6.07 Å². The molecule has 1 aliphatic carbocycles. The zero-order valence-corrected chi connectivity index (χ0v) is 10.7. The van der Waals surface area contributed by atoms with Gasteiger partial charge in [0.2, 0.25) is 5.91 Å². The molecule has 0 saturated heterocycles. The lowest BCUT2D eigenvalue weighted by molar-refractivity contribution is -0.121. The highest BCUT2D eigenvalue weighted by Gasteiger charge is 2.24. The van der Waals surface area contributed by atoms with Crippen LogP contribution < -0.4 is 5.32 Å². The Hall–Kier alpha value is -2.35. The van der Waals surface area contributed by atoms with Crippen molar-refractivity contribution in [1.29, 1.82) is 5.26 Å². The van der Waals surface area contributed by atoms with Crippen molar-refractivity contribution < 1.29 is 9.59 Å². The zero-order valence-electron chi connectivity index (χ0n) is 10.7. The molecule has 0 spiro atoms. The molecule has 5 nitrogen and oxygen atoms in total. The highest BCUT2D eigenvalue weighted by molar-refractivity contribution is 5.96. The Bertz CT molecular complexity index is 527. The van der Waals surface area contributed by atoms with Crippen molar-refractivity contribution in [3.05, 3.63) is 35.4 Å². The van der Waals surface area contributed by atoms with E-state index in [1.807, 2.05) is 6.07 Å². The van der Waals surface area contributed by atoms with E-state index in [1.54, 1.807) is 31.3 Å². The van der Waals surface area contributed by atoms with Crippen LogP contribution in [-0.4, -0.2) is 36.3 Å². The Morgan fingerprint density at radius 2 is 2.00 bits per heavy atom. The maximum Gasteiger partial charge on any atom is 0.254 e. The molecule has 0 aromatic heterocycles. The van der Waals surface area contributed by atoms with Gasteiger partial charge in [-0.3, -0.25) is 9.59 Å². The quantitative estimate of drug-likeness (QED) is 0.871. The normalized spacial score (nSPS) is 13.5. The predicted octanol–water partition coefficient (Wildman–Crippen LogP) is 0.909. The van der Waals surface area contributed by atoms with E-state index in [4.69, 9.17) is 5.26 Å². The third kappa shape index (κ3) is 3.55. The Labute approximate surface area is 111 Å². The van der Waals surface area contributed by atoms with Crippen LogP contribution >= 0.6 is 0 Å². The van der Waals surface area contributed by atoms with E-state index >= 15 is 0 Å². The van der Waals surface area contributed by atoms with Crippen LogP contribution in [0.25, 0.3) is 0 Å². The Kier molecular flexibility index (Phi) is 3.81. The first kappa shape index (κ1) is 13.1. The standard InChI is InChI=1S/C14H15N3O2/c1-17(9-13(18)16-12-6-7-12)14(19)11-4-2-10(8-15)3-5-11/h2-5,12H,6-7,9H2,1H3,(H,16,18). The van der Waals surface area contributed by atoms with Gasteiger partial charge in [-0.05, 0) is 37.1 Å². The molecule has 1 saturated carbocycles. The van der Waals surface area contributed by atoms with Gasteiger partial charge in [-0.15, -0.1) is 0 Å². The lowest BCUT2D eigenvalue weighted by Gasteiger charge is -2.16. The number of benzene rings is 1. The SMILES string of the molecule is CN(CC(=O)NC1CC1)C(=O)c1ccc(C#N)cc1. The summed E-state index contributed by atoms with van der Waals surface area (Å²) in [6.07, 6.45) is 2.05. The number of carbonyl (C=O) groups excluding carboxylic acids is 2. The summed E-state index contributed by atoms with van der Waals surface area (Å²) >= 11 is 0.